The zero-order valence-corrected chi connectivity index (χ0v) is 27.3. The molecule has 5 heteroatoms. The molecule has 41 heavy (non-hydrogen) atoms. The minimum absolute atomic E-state index is 0.123. The molecule has 5 aliphatic rings. The molecule has 0 spiro atoms. The van der Waals surface area contributed by atoms with Crippen LogP contribution in [0.1, 0.15) is 127 Å². The predicted octanol–water partition coefficient (Wildman–Crippen LogP) is 8.26. The van der Waals surface area contributed by atoms with E-state index in [0.717, 1.165) is 31.3 Å². The topological polar surface area (TPSA) is 80.7 Å². The predicted molar refractivity (Wildman–Crippen MR) is 161 cm³/mol. The first kappa shape index (κ1) is 30.8. The number of fused-ring (bicyclic) bond motifs is 5. The first-order valence-electron chi connectivity index (χ1n) is 16.6. The Bertz CT molecular complexity index is 1130. The molecule has 0 radical (unpaired) electrons. The van der Waals surface area contributed by atoms with Crippen molar-refractivity contribution in [2.45, 2.75) is 133 Å². The number of carboxylic acids is 1. The number of carbonyl (C=O) groups is 3. The molecule has 0 bridgehead atoms. The third-order valence-electron chi connectivity index (χ3n) is 14.0. The molecule has 5 rings (SSSR count). The van der Waals surface area contributed by atoms with Crippen LogP contribution in [0.3, 0.4) is 0 Å². The molecule has 0 aromatic carbocycles. The lowest BCUT2D eigenvalue weighted by molar-refractivity contribution is -0.218. The van der Waals surface area contributed by atoms with Crippen LogP contribution in [0.15, 0.2) is 11.1 Å². The van der Waals surface area contributed by atoms with Gasteiger partial charge in [0.1, 0.15) is 6.10 Å². The summed E-state index contributed by atoms with van der Waals surface area (Å²) in [6, 6.07) is 0. The maximum Gasteiger partial charge on any atom is 0.309 e. The fourth-order valence-corrected chi connectivity index (χ4v) is 11.8. The summed E-state index contributed by atoms with van der Waals surface area (Å²) in [5, 5.41) is 9.54. The summed E-state index contributed by atoms with van der Waals surface area (Å²) in [6.07, 6.45) is 10.6. The number of ketones is 1. The van der Waals surface area contributed by atoms with Crippen LogP contribution in [-0.2, 0) is 19.1 Å². The largest absolute Gasteiger partial charge is 0.481 e. The fraction of sp³-hybridized carbons (Fsp3) is 0.861. The highest BCUT2D eigenvalue weighted by Gasteiger charge is 2.65. The second-order valence-corrected chi connectivity index (χ2v) is 16.8. The lowest BCUT2D eigenvalue weighted by Crippen LogP contribution is -2.63. The third kappa shape index (κ3) is 4.57. The van der Waals surface area contributed by atoms with Crippen molar-refractivity contribution in [3.8, 4) is 0 Å². The van der Waals surface area contributed by atoms with E-state index in [1.165, 1.54) is 37.7 Å². The van der Waals surface area contributed by atoms with Crippen molar-refractivity contribution in [3.05, 3.63) is 11.1 Å². The highest BCUT2D eigenvalue weighted by molar-refractivity contribution is 5.94. The number of Topliss-reactive ketones (excluding diaryl/α,β-unsaturated/α-hetero) is 1. The number of ether oxygens (including phenoxy) is 1. The van der Waals surface area contributed by atoms with Gasteiger partial charge in [-0.05, 0) is 123 Å². The Morgan fingerprint density at radius 3 is 2.07 bits per heavy atom. The lowest BCUT2D eigenvalue weighted by Gasteiger charge is -2.68. The van der Waals surface area contributed by atoms with E-state index in [-0.39, 0.29) is 40.0 Å². The van der Waals surface area contributed by atoms with Crippen LogP contribution in [0, 0.1) is 63.1 Å². The van der Waals surface area contributed by atoms with Crippen LogP contribution in [0.25, 0.3) is 0 Å². The number of allylic oxidation sites excluding steroid dienone is 2. The average molecular weight is 569 g/mol. The van der Waals surface area contributed by atoms with Crippen LogP contribution >= 0.6 is 0 Å². The van der Waals surface area contributed by atoms with E-state index in [0.29, 0.717) is 36.0 Å². The van der Waals surface area contributed by atoms with Gasteiger partial charge in [-0.25, -0.2) is 0 Å². The average Bonchev–Trinajstić information content (AvgIpc) is 2.84. The van der Waals surface area contributed by atoms with Gasteiger partial charge >= 0.3 is 11.9 Å². The molecule has 0 heterocycles. The van der Waals surface area contributed by atoms with Gasteiger partial charge in [-0.3, -0.25) is 14.4 Å². The number of carbonyl (C=O) groups excluding carboxylic acids is 2. The first-order chi connectivity index (χ1) is 19.0. The summed E-state index contributed by atoms with van der Waals surface area (Å²) in [4.78, 5) is 37.8. The number of aliphatic carboxylic acids is 1. The molecule has 0 saturated heterocycles. The van der Waals surface area contributed by atoms with Gasteiger partial charge < -0.3 is 9.84 Å². The zero-order chi connectivity index (χ0) is 30.3. The molecule has 1 N–H and O–H groups in total. The molecule has 0 amide bonds. The van der Waals surface area contributed by atoms with Crippen molar-refractivity contribution in [2.75, 3.05) is 0 Å². The molecular formula is C36H56O5. The quantitative estimate of drug-likeness (QED) is 0.267. The highest BCUT2D eigenvalue weighted by atomic mass is 16.5. The Kier molecular flexibility index (Phi) is 7.68. The molecule has 230 valence electrons. The molecule has 5 aliphatic carbocycles. The molecular weight excluding hydrogens is 512 g/mol. The van der Waals surface area contributed by atoms with E-state index in [4.69, 9.17) is 4.74 Å². The Labute approximate surface area is 248 Å². The normalized spacial score (nSPS) is 44.0. The number of hydrogen-bond donors (Lipinski definition) is 1. The van der Waals surface area contributed by atoms with E-state index < -0.39 is 17.3 Å². The van der Waals surface area contributed by atoms with Gasteiger partial charge in [0.25, 0.3) is 0 Å². The Morgan fingerprint density at radius 1 is 0.829 bits per heavy atom. The van der Waals surface area contributed by atoms with E-state index in [1.807, 2.05) is 13.8 Å². The SMILES string of the molecule is CC(=O)/C(=C1\CCCC2[C@@H]1CCC1[C@@]2(C)CCC2C(C)(C)[C@@H](OC(=O)[C@H]3C[C@@H](C(=O)O)C3(C)C)CC[C@@]21C)C(C)C. The van der Waals surface area contributed by atoms with E-state index in [9.17, 15) is 19.5 Å². The van der Waals surface area contributed by atoms with Crippen LogP contribution in [0.5, 0.6) is 0 Å². The van der Waals surface area contributed by atoms with Crippen LogP contribution in [0.2, 0.25) is 0 Å². The standard InChI is InChI=1S/C36H56O5/c1-20(2)30(21(3)37)23-11-10-12-24-22(23)13-14-28-35(24,8)17-15-27-34(6,7)29(16-18-36(27,28)9)41-32(40)26-19-25(31(38)39)33(26,4)5/h20,22,24-29H,10-19H2,1-9H3,(H,38,39)/b30-23+/t22-,24?,25+,26-,27?,28?,29+,35+,36+/m1/s1. The summed E-state index contributed by atoms with van der Waals surface area (Å²) in [6.45, 7) is 19.8. The van der Waals surface area contributed by atoms with Gasteiger partial charge in [-0.2, -0.15) is 0 Å². The molecule has 9 atom stereocenters. The van der Waals surface area contributed by atoms with Crippen molar-refractivity contribution in [2.24, 2.45) is 63.1 Å². The third-order valence-corrected chi connectivity index (χ3v) is 14.0. The molecule has 5 fully saturated rings. The summed E-state index contributed by atoms with van der Waals surface area (Å²) in [5.41, 5.74) is 2.41. The molecule has 0 aromatic heterocycles. The van der Waals surface area contributed by atoms with E-state index >= 15 is 0 Å². The minimum Gasteiger partial charge on any atom is -0.481 e. The van der Waals surface area contributed by atoms with Crippen LogP contribution in [0.4, 0.5) is 0 Å². The number of carboxylic acid groups (broad SMARTS) is 1. The van der Waals surface area contributed by atoms with Crippen molar-refractivity contribution >= 4 is 17.7 Å². The minimum atomic E-state index is -0.810. The zero-order valence-electron chi connectivity index (χ0n) is 27.3. The van der Waals surface area contributed by atoms with Crippen molar-refractivity contribution in [1.29, 1.82) is 0 Å². The Balaban J connectivity index is 1.36. The summed E-state index contributed by atoms with van der Waals surface area (Å²) >= 11 is 0. The number of rotatable bonds is 5. The summed E-state index contributed by atoms with van der Waals surface area (Å²) < 4.78 is 6.33. The van der Waals surface area contributed by atoms with Gasteiger partial charge in [0.2, 0.25) is 0 Å². The number of hydrogen-bond acceptors (Lipinski definition) is 4. The molecule has 0 aliphatic heterocycles. The Morgan fingerprint density at radius 2 is 1.49 bits per heavy atom. The van der Waals surface area contributed by atoms with Crippen molar-refractivity contribution in [3.63, 3.8) is 0 Å². The van der Waals surface area contributed by atoms with E-state index in [2.05, 4.69) is 41.5 Å². The Hall–Kier alpha value is -1.65. The van der Waals surface area contributed by atoms with Gasteiger partial charge in [-0.1, -0.05) is 61.0 Å². The van der Waals surface area contributed by atoms with Gasteiger partial charge in [0, 0.05) is 5.41 Å². The molecule has 0 aromatic rings. The second-order valence-electron chi connectivity index (χ2n) is 16.8. The van der Waals surface area contributed by atoms with Gasteiger partial charge in [0.05, 0.1) is 11.8 Å². The second kappa shape index (κ2) is 10.2. The first-order valence-corrected chi connectivity index (χ1v) is 16.6. The van der Waals surface area contributed by atoms with Crippen LogP contribution < -0.4 is 0 Å². The lowest BCUT2D eigenvalue weighted by atomic mass is 9.37. The monoisotopic (exact) mass is 568 g/mol. The maximum absolute atomic E-state index is 13.4. The fourth-order valence-electron chi connectivity index (χ4n) is 11.8. The molecule has 5 saturated carbocycles. The highest BCUT2D eigenvalue weighted by Crippen LogP contribution is 2.71. The maximum atomic E-state index is 13.4. The molecule has 5 nitrogen and oxygen atoms in total. The van der Waals surface area contributed by atoms with Gasteiger partial charge in [0.15, 0.2) is 5.78 Å². The molecule has 3 unspecified atom stereocenters. The van der Waals surface area contributed by atoms with Gasteiger partial charge in [-0.15, -0.1) is 0 Å². The van der Waals surface area contributed by atoms with Crippen LogP contribution in [-0.4, -0.2) is 28.9 Å². The van der Waals surface area contributed by atoms with Crippen molar-refractivity contribution in [1.82, 2.24) is 0 Å². The summed E-state index contributed by atoms with van der Waals surface area (Å²) in [5.74, 6) is 1.09. The smallest absolute Gasteiger partial charge is 0.309 e. The van der Waals surface area contributed by atoms with E-state index in [1.54, 1.807) is 6.92 Å². The summed E-state index contributed by atoms with van der Waals surface area (Å²) in [7, 11) is 0. The van der Waals surface area contributed by atoms with Crippen molar-refractivity contribution < 1.29 is 24.2 Å². The number of esters is 1.